The first kappa shape index (κ1) is 17.2. The highest BCUT2D eigenvalue weighted by Crippen LogP contribution is 2.09. The molecule has 21 heavy (non-hydrogen) atoms. The molecule has 1 atom stereocenters. The third-order valence-electron chi connectivity index (χ3n) is 3.63. The number of rotatable bonds is 8. The molecule has 1 aromatic carbocycles. The standard InChI is InChI=1S/C17H25NO3/c1-4-18(12-14(3)17(20)21)16(19)7-5-6-15-10-8-13(2)9-11-15/h8-11,14H,4-7,12H2,1-3H3,(H,20,21). The fourth-order valence-electron chi connectivity index (χ4n) is 2.17. The molecule has 0 aliphatic carbocycles. The van der Waals surface area contributed by atoms with E-state index in [0.29, 0.717) is 13.0 Å². The molecule has 1 amide bonds. The second-order valence-corrected chi connectivity index (χ2v) is 5.51. The second-order valence-electron chi connectivity index (χ2n) is 5.51. The van der Waals surface area contributed by atoms with E-state index < -0.39 is 11.9 Å². The number of carbonyl (C=O) groups is 2. The van der Waals surface area contributed by atoms with Gasteiger partial charge in [0.1, 0.15) is 0 Å². The quantitative estimate of drug-likeness (QED) is 0.801. The molecule has 0 heterocycles. The van der Waals surface area contributed by atoms with E-state index in [1.54, 1.807) is 11.8 Å². The van der Waals surface area contributed by atoms with E-state index in [9.17, 15) is 9.59 Å². The summed E-state index contributed by atoms with van der Waals surface area (Å²) in [6.45, 7) is 6.41. The lowest BCUT2D eigenvalue weighted by molar-refractivity contribution is -0.143. The van der Waals surface area contributed by atoms with Crippen molar-refractivity contribution in [3.05, 3.63) is 35.4 Å². The summed E-state index contributed by atoms with van der Waals surface area (Å²) in [4.78, 5) is 24.6. The Morgan fingerprint density at radius 2 is 1.86 bits per heavy atom. The molecule has 0 saturated carbocycles. The van der Waals surface area contributed by atoms with Crippen LogP contribution in [-0.4, -0.2) is 35.0 Å². The smallest absolute Gasteiger partial charge is 0.308 e. The number of aliphatic carboxylic acids is 1. The van der Waals surface area contributed by atoms with Crippen LogP contribution in [0.1, 0.15) is 37.8 Å². The summed E-state index contributed by atoms with van der Waals surface area (Å²) in [5.41, 5.74) is 2.46. The largest absolute Gasteiger partial charge is 0.481 e. The van der Waals surface area contributed by atoms with Crippen LogP contribution in [0.4, 0.5) is 0 Å². The van der Waals surface area contributed by atoms with Gasteiger partial charge in [-0.2, -0.15) is 0 Å². The Balaban J connectivity index is 2.40. The van der Waals surface area contributed by atoms with Gasteiger partial charge in [-0.05, 0) is 32.3 Å². The van der Waals surface area contributed by atoms with Crippen molar-refractivity contribution in [2.75, 3.05) is 13.1 Å². The molecule has 0 aliphatic rings. The van der Waals surface area contributed by atoms with E-state index >= 15 is 0 Å². The molecule has 0 fully saturated rings. The minimum atomic E-state index is -0.860. The SMILES string of the molecule is CCN(CC(C)C(=O)O)C(=O)CCCc1ccc(C)cc1. The molecule has 1 aromatic rings. The number of hydrogen-bond donors (Lipinski definition) is 1. The topological polar surface area (TPSA) is 57.6 Å². The van der Waals surface area contributed by atoms with E-state index in [-0.39, 0.29) is 12.5 Å². The van der Waals surface area contributed by atoms with Crippen molar-refractivity contribution in [1.29, 1.82) is 0 Å². The zero-order valence-electron chi connectivity index (χ0n) is 13.1. The molecule has 0 aliphatic heterocycles. The summed E-state index contributed by atoms with van der Waals surface area (Å²) in [6, 6.07) is 8.32. The van der Waals surface area contributed by atoms with Gasteiger partial charge < -0.3 is 10.0 Å². The molecule has 4 heteroatoms. The minimum Gasteiger partial charge on any atom is -0.481 e. The third kappa shape index (κ3) is 5.98. The number of amides is 1. The minimum absolute atomic E-state index is 0.0395. The van der Waals surface area contributed by atoms with Crippen molar-refractivity contribution < 1.29 is 14.7 Å². The summed E-state index contributed by atoms with van der Waals surface area (Å²) in [5.74, 6) is -1.34. The lowest BCUT2D eigenvalue weighted by atomic mass is 10.1. The van der Waals surface area contributed by atoms with E-state index in [1.165, 1.54) is 11.1 Å². The number of carboxylic acid groups (broad SMARTS) is 1. The monoisotopic (exact) mass is 291 g/mol. The average molecular weight is 291 g/mol. The van der Waals surface area contributed by atoms with Gasteiger partial charge in [0.25, 0.3) is 0 Å². The van der Waals surface area contributed by atoms with Crippen LogP contribution in [0.5, 0.6) is 0 Å². The van der Waals surface area contributed by atoms with Crippen LogP contribution in [0.2, 0.25) is 0 Å². The van der Waals surface area contributed by atoms with Gasteiger partial charge in [0.15, 0.2) is 0 Å². The van der Waals surface area contributed by atoms with Crippen molar-refractivity contribution in [3.63, 3.8) is 0 Å². The molecule has 116 valence electrons. The third-order valence-corrected chi connectivity index (χ3v) is 3.63. The summed E-state index contributed by atoms with van der Waals surface area (Å²) < 4.78 is 0. The number of aryl methyl sites for hydroxylation is 2. The van der Waals surface area contributed by atoms with E-state index in [2.05, 4.69) is 31.2 Å². The number of benzene rings is 1. The van der Waals surface area contributed by atoms with Gasteiger partial charge in [-0.15, -0.1) is 0 Å². The van der Waals surface area contributed by atoms with Crippen LogP contribution in [0.25, 0.3) is 0 Å². The maximum atomic E-state index is 12.1. The van der Waals surface area contributed by atoms with Gasteiger partial charge in [0, 0.05) is 19.5 Å². The lowest BCUT2D eigenvalue weighted by Gasteiger charge is -2.23. The molecule has 0 aromatic heterocycles. The van der Waals surface area contributed by atoms with Crippen LogP contribution < -0.4 is 0 Å². The number of nitrogens with zero attached hydrogens (tertiary/aromatic N) is 1. The van der Waals surface area contributed by atoms with E-state index in [0.717, 1.165) is 12.8 Å². The number of carboxylic acids is 1. The van der Waals surface area contributed by atoms with Crippen LogP contribution in [-0.2, 0) is 16.0 Å². The Hall–Kier alpha value is -1.84. The number of carbonyl (C=O) groups excluding carboxylic acids is 1. The van der Waals surface area contributed by atoms with E-state index in [1.807, 2.05) is 6.92 Å². The Kier molecular flexibility index (Phi) is 6.92. The van der Waals surface area contributed by atoms with Gasteiger partial charge >= 0.3 is 5.97 Å². The highest BCUT2D eigenvalue weighted by atomic mass is 16.4. The van der Waals surface area contributed by atoms with Crippen LogP contribution in [0.15, 0.2) is 24.3 Å². The predicted molar refractivity (Wildman–Crippen MR) is 83.2 cm³/mol. The average Bonchev–Trinajstić information content (AvgIpc) is 2.46. The predicted octanol–water partition coefficient (Wildman–Crippen LogP) is 2.89. The molecule has 0 spiro atoms. The first-order valence-corrected chi connectivity index (χ1v) is 7.50. The Bertz CT molecular complexity index is 467. The van der Waals surface area contributed by atoms with Gasteiger partial charge in [-0.3, -0.25) is 9.59 Å². The normalized spacial score (nSPS) is 12.0. The maximum Gasteiger partial charge on any atom is 0.308 e. The highest BCUT2D eigenvalue weighted by molar-refractivity contribution is 5.77. The van der Waals surface area contributed by atoms with Crippen molar-refractivity contribution >= 4 is 11.9 Å². The summed E-state index contributed by atoms with van der Waals surface area (Å²) in [6.07, 6.45) is 2.13. The first-order valence-electron chi connectivity index (χ1n) is 7.50. The van der Waals surface area contributed by atoms with E-state index in [4.69, 9.17) is 5.11 Å². The summed E-state index contributed by atoms with van der Waals surface area (Å²) in [5, 5.41) is 8.92. The van der Waals surface area contributed by atoms with Crippen LogP contribution in [0.3, 0.4) is 0 Å². The van der Waals surface area contributed by atoms with Gasteiger partial charge in [0.05, 0.1) is 5.92 Å². The second kappa shape index (κ2) is 8.45. The molecule has 1 rings (SSSR count). The summed E-state index contributed by atoms with van der Waals surface area (Å²) >= 11 is 0. The first-order chi connectivity index (χ1) is 9.93. The van der Waals surface area contributed by atoms with Crippen LogP contribution in [0, 0.1) is 12.8 Å². The molecule has 0 bridgehead atoms. The Morgan fingerprint density at radius 1 is 1.24 bits per heavy atom. The fraction of sp³-hybridized carbons (Fsp3) is 0.529. The molecule has 4 nitrogen and oxygen atoms in total. The van der Waals surface area contributed by atoms with Crippen molar-refractivity contribution in [2.24, 2.45) is 5.92 Å². The number of hydrogen-bond acceptors (Lipinski definition) is 2. The van der Waals surface area contributed by atoms with Gasteiger partial charge in [0.2, 0.25) is 5.91 Å². The molecule has 1 unspecified atom stereocenters. The van der Waals surface area contributed by atoms with Crippen molar-refractivity contribution in [1.82, 2.24) is 4.90 Å². The lowest BCUT2D eigenvalue weighted by Crippen LogP contribution is -2.36. The maximum absolute atomic E-state index is 12.1. The van der Waals surface area contributed by atoms with Gasteiger partial charge in [-0.25, -0.2) is 0 Å². The zero-order chi connectivity index (χ0) is 15.8. The van der Waals surface area contributed by atoms with Crippen molar-refractivity contribution in [2.45, 2.75) is 40.0 Å². The summed E-state index contributed by atoms with van der Waals surface area (Å²) in [7, 11) is 0. The van der Waals surface area contributed by atoms with Gasteiger partial charge in [-0.1, -0.05) is 36.8 Å². The zero-order valence-corrected chi connectivity index (χ0v) is 13.1. The Labute approximate surface area is 126 Å². The highest BCUT2D eigenvalue weighted by Gasteiger charge is 2.18. The Morgan fingerprint density at radius 3 is 2.38 bits per heavy atom. The molecular weight excluding hydrogens is 266 g/mol. The molecule has 0 radical (unpaired) electrons. The molecule has 1 N–H and O–H groups in total. The molecular formula is C17H25NO3. The fourth-order valence-corrected chi connectivity index (χ4v) is 2.17. The van der Waals surface area contributed by atoms with Crippen molar-refractivity contribution in [3.8, 4) is 0 Å². The molecule has 0 saturated heterocycles. The van der Waals surface area contributed by atoms with Crippen LogP contribution >= 0.6 is 0 Å².